The van der Waals surface area contributed by atoms with Gasteiger partial charge in [-0.1, -0.05) is 18.7 Å². The van der Waals surface area contributed by atoms with E-state index in [4.69, 9.17) is 5.26 Å². The van der Waals surface area contributed by atoms with Crippen molar-refractivity contribution in [3.63, 3.8) is 0 Å². The number of nitrogens with one attached hydrogen (secondary N) is 1. The molecule has 0 saturated heterocycles. The van der Waals surface area contributed by atoms with Crippen molar-refractivity contribution in [1.29, 1.82) is 5.26 Å². The van der Waals surface area contributed by atoms with Crippen LogP contribution in [-0.4, -0.2) is 36.5 Å². The molecule has 3 rings (SSSR count). The van der Waals surface area contributed by atoms with Crippen LogP contribution in [-0.2, 0) is 11.0 Å². The van der Waals surface area contributed by atoms with E-state index >= 15 is 0 Å². The minimum absolute atomic E-state index is 0.0835. The fourth-order valence-electron chi connectivity index (χ4n) is 4.61. The number of hydrogen-bond donors (Lipinski definition) is 1. The summed E-state index contributed by atoms with van der Waals surface area (Å²) >= 11 is 0. The van der Waals surface area contributed by atoms with Gasteiger partial charge in [-0.25, -0.2) is 0 Å². The van der Waals surface area contributed by atoms with E-state index in [-0.39, 0.29) is 18.4 Å². The van der Waals surface area contributed by atoms with Crippen LogP contribution < -0.4 is 5.32 Å². The third kappa shape index (κ3) is 6.70. The lowest BCUT2D eigenvalue weighted by molar-refractivity contribution is -0.137. The largest absolute Gasteiger partial charge is 0.416 e. The Kier molecular flexibility index (Phi) is 8.14. The van der Waals surface area contributed by atoms with Crippen molar-refractivity contribution in [3.05, 3.63) is 47.5 Å². The second-order valence-electron chi connectivity index (χ2n) is 8.73. The van der Waals surface area contributed by atoms with Gasteiger partial charge in [-0.05, 0) is 85.9 Å². The molecule has 0 bridgehead atoms. The summed E-state index contributed by atoms with van der Waals surface area (Å²) in [7, 11) is 0. The molecule has 32 heavy (non-hydrogen) atoms. The highest BCUT2D eigenvalue weighted by atomic mass is 19.4. The highest BCUT2D eigenvalue weighted by Gasteiger charge is 2.31. The number of nitrogens with zero attached hydrogens (tertiary/aromatic N) is 2. The quantitative estimate of drug-likeness (QED) is 0.610. The zero-order valence-corrected chi connectivity index (χ0v) is 18.3. The molecule has 1 aromatic rings. The lowest BCUT2D eigenvalue weighted by atomic mass is 9.84. The predicted molar refractivity (Wildman–Crippen MR) is 119 cm³/mol. The maximum atomic E-state index is 13.2. The van der Waals surface area contributed by atoms with E-state index in [1.54, 1.807) is 6.07 Å². The first-order chi connectivity index (χ1) is 15.3. The van der Waals surface area contributed by atoms with Crippen molar-refractivity contribution in [3.8, 4) is 6.07 Å². The Morgan fingerprint density at radius 3 is 2.59 bits per heavy atom. The Bertz CT molecular complexity index is 893. The fourth-order valence-corrected chi connectivity index (χ4v) is 4.61. The van der Waals surface area contributed by atoms with Gasteiger partial charge >= 0.3 is 6.18 Å². The number of rotatable bonds is 7. The number of carbonyl (C=O) groups is 1. The molecule has 1 aliphatic heterocycles. The Labute approximate surface area is 187 Å². The molecule has 1 saturated carbocycles. The standard InChI is InChI=1S/C25H30F3N3O/c1-2-18-15-21(17-22(16-18)25(26,27)28)20-9-13-31(14-10-20)12-8-19-3-5-23(6-4-19)30-24(32)7-11-29/h2,9,15-17,19,23H,1,3-8,10,12-14H2,(H,30,32). The molecule has 0 radical (unpaired) electrons. The number of benzene rings is 1. The van der Waals surface area contributed by atoms with E-state index in [2.05, 4.69) is 16.8 Å². The van der Waals surface area contributed by atoms with Gasteiger partial charge in [0.15, 0.2) is 0 Å². The van der Waals surface area contributed by atoms with E-state index in [0.29, 0.717) is 17.0 Å². The van der Waals surface area contributed by atoms with Crippen LogP contribution >= 0.6 is 0 Å². The molecule has 172 valence electrons. The van der Waals surface area contributed by atoms with Crippen LogP contribution in [0.5, 0.6) is 0 Å². The van der Waals surface area contributed by atoms with Gasteiger partial charge in [0.2, 0.25) is 5.91 Å². The van der Waals surface area contributed by atoms with Crippen LogP contribution in [0.15, 0.2) is 30.9 Å². The molecular weight excluding hydrogens is 415 g/mol. The van der Waals surface area contributed by atoms with Gasteiger partial charge in [0.25, 0.3) is 0 Å². The molecule has 0 aromatic heterocycles. The van der Waals surface area contributed by atoms with Gasteiger partial charge in [-0.2, -0.15) is 18.4 Å². The summed E-state index contributed by atoms with van der Waals surface area (Å²) in [5.74, 6) is 0.441. The van der Waals surface area contributed by atoms with Crippen molar-refractivity contribution in [2.45, 2.75) is 57.2 Å². The Morgan fingerprint density at radius 1 is 1.25 bits per heavy atom. The van der Waals surface area contributed by atoms with Crippen LogP contribution in [0, 0.1) is 17.2 Å². The van der Waals surface area contributed by atoms with Gasteiger partial charge in [0.1, 0.15) is 6.42 Å². The lowest BCUT2D eigenvalue weighted by Gasteiger charge is -2.32. The first-order valence-electron chi connectivity index (χ1n) is 11.2. The number of amides is 1. The van der Waals surface area contributed by atoms with Crippen molar-refractivity contribution < 1.29 is 18.0 Å². The lowest BCUT2D eigenvalue weighted by Crippen LogP contribution is -2.38. The van der Waals surface area contributed by atoms with Crippen molar-refractivity contribution >= 4 is 17.6 Å². The molecule has 1 amide bonds. The summed E-state index contributed by atoms with van der Waals surface area (Å²) in [4.78, 5) is 13.9. The Morgan fingerprint density at radius 2 is 2.00 bits per heavy atom. The van der Waals surface area contributed by atoms with Gasteiger partial charge < -0.3 is 5.32 Å². The van der Waals surface area contributed by atoms with Gasteiger partial charge in [-0.3, -0.25) is 9.69 Å². The van der Waals surface area contributed by atoms with Gasteiger partial charge in [0.05, 0.1) is 11.6 Å². The molecule has 1 fully saturated rings. The average molecular weight is 446 g/mol. The maximum Gasteiger partial charge on any atom is 0.416 e. The highest BCUT2D eigenvalue weighted by Crippen LogP contribution is 2.34. The van der Waals surface area contributed by atoms with E-state index in [1.807, 2.05) is 12.1 Å². The minimum atomic E-state index is -4.37. The number of alkyl halides is 3. The zero-order valence-electron chi connectivity index (χ0n) is 18.3. The molecule has 4 nitrogen and oxygen atoms in total. The molecule has 0 spiro atoms. The van der Waals surface area contributed by atoms with E-state index in [1.165, 1.54) is 12.1 Å². The highest BCUT2D eigenvalue weighted by molar-refractivity contribution is 5.78. The van der Waals surface area contributed by atoms with Crippen molar-refractivity contribution in [2.24, 2.45) is 5.92 Å². The minimum Gasteiger partial charge on any atom is -0.352 e. The molecule has 7 heteroatoms. The SMILES string of the molecule is C=Cc1cc(C2=CCN(CCC3CCC(NC(=O)CC#N)CC3)CC2)cc(C(F)(F)F)c1. The van der Waals surface area contributed by atoms with Crippen LogP contribution in [0.4, 0.5) is 13.2 Å². The van der Waals surface area contributed by atoms with Crippen LogP contribution in [0.25, 0.3) is 11.6 Å². The smallest absolute Gasteiger partial charge is 0.352 e. The molecule has 1 N–H and O–H groups in total. The molecule has 1 heterocycles. The monoisotopic (exact) mass is 445 g/mol. The first-order valence-corrected chi connectivity index (χ1v) is 11.2. The van der Waals surface area contributed by atoms with E-state index in [0.717, 1.165) is 69.8 Å². The molecule has 1 aliphatic carbocycles. The molecule has 0 atom stereocenters. The third-order valence-electron chi connectivity index (χ3n) is 6.49. The maximum absolute atomic E-state index is 13.2. The van der Waals surface area contributed by atoms with Crippen molar-refractivity contribution in [1.82, 2.24) is 10.2 Å². The number of nitriles is 1. The van der Waals surface area contributed by atoms with E-state index < -0.39 is 11.7 Å². The van der Waals surface area contributed by atoms with Crippen LogP contribution in [0.1, 0.15) is 61.6 Å². The first kappa shape index (κ1) is 24.1. The predicted octanol–water partition coefficient (Wildman–Crippen LogP) is 5.42. The Hall–Kier alpha value is -2.59. The normalized spacial score (nSPS) is 22.0. The third-order valence-corrected chi connectivity index (χ3v) is 6.49. The molecule has 1 aromatic carbocycles. The summed E-state index contributed by atoms with van der Waals surface area (Å²) in [5.41, 5.74) is 1.44. The summed E-state index contributed by atoms with van der Waals surface area (Å²) in [6.45, 7) is 6.18. The molecule has 2 aliphatic rings. The Balaban J connectivity index is 1.48. The fraction of sp³-hybridized carbons (Fsp3) is 0.520. The second kappa shape index (κ2) is 10.8. The summed E-state index contributed by atoms with van der Waals surface area (Å²) in [5, 5.41) is 11.5. The van der Waals surface area contributed by atoms with Crippen LogP contribution in [0.3, 0.4) is 0 Å². The van der Waals surface area contributed by atoms with E-state index in [9.17, 15) is 18.0 Å². The average Bonchev–Trinajstić information content (AvgIpc) is 2.78. The van der Waals surface area contributed by atoms with Crippen LogP contribution in [0.2, 0.25) is 0 Å². The van der Waals surface area contributed by atoms with Gasteiger partial charge in [-0.15, -0.1) is 0 Å². The topological polar surface area (TPSA) is 56.1 Å². The number of halogens is 3. The summed E-state index contributed by atoms with van der Waals surface area (Å²) in [6.07, 6.45) is 4.92. The number of carbonyl (C=O) groups excluding carboxylic acids is 1. The zero-order chi connectivity index (χ0) is 23.1. The summed E-state index contributed by atoms with van der Waals surface area (Å²) < 4.78 is 39.6. The second-order valence-corrected chi connectivity index (χ2v) is 8.73. The molecule has 0 unspecified atom stereocenters. The van der Waals surface area contributed by atoms with Crippen molar-refractivity contribution in [2.75, 3.05) is 19.6 Å². The number of hydrogen-bond acceptors (Lipinski definition) is 3. The molecular formula is C25H30F3N3O. The summed E-state index contributed by atoms with van der Waals surface area (Å²) in [6, 6.07) is 6.20. The van der Waals surface area contributed by atoms with Gasteiger partial charge in [0, 0.05) is 19.1 Å².